The van der Waals surface area contributed by atoms with Crippen molar-refractivity contribution in [2.24, 2.45) is 5.73 Å². The van der Waals surface area contributed by atoms with Crippen LogP contribution in [0, 0.1) is 12.3 Å². The summed E-state index contributed by atoms with van der Waals surface area (Å²) in [6.07, 6.45) is 3.22. The van der Waals surface area contributed by atoms with Crippen LogP contribution in [-0.2, 0) is 6.54 Å². The third-order valence-corrected chi connectivity index (χ3v) is 2.67. The lowest BCUT2D eigenvalue weighted by atomic mass is 10.2. The molecule has 16 heavy (non-hydrogen) atoms. The fourth-order valence-corrected chi connectivity index (χ4v) is 1.67. The summed E-state index contributed by atoms with van der Waals surface area (Å²) in [4.78, 5) is 12.0. The first-order valence-corrected chi connectivity index (χ1v) is 5.62. The number of aromatic nitrogens is 1. The van der Waals surface area contributed by atoms with Gasteiger partial charge in [0.25, 0.3) is 5.56 Å². The predicted octanol–water partition coefficient (Wildman–Crippen LogP) is 1.63. The summed E-state index contributed by atoms with van der Waals surface area (Å²) in [5.41, 5.74) is 6.42. The number of unbranched alkanes of at least 4 members (excludes halogenated alkanes) is 2. The molecule has 0 saturated heterocycles. The molecule has 0 saturated carbocycles. The zero-order valence-electron chi connectivity index (χ0n) is 9.92. The zero-order chi connectivity index (χ0) is 12.1. The van der Waals surface area contributed by atoms with E-state index in [-0.39, 0.29) is 11.4 Å². The van der Waals surface area contributed by atoms with Gasteiger partial charge in [0.15, 0.2) is 0 Å². The van der Waals surface area contributed by atoms with E-state index in [1.54, 1.807) is 10.6 Å². The molecule has 1 aromatic heterocycles. The molecule has 1 rings (SSSR count). The summed E-state index contributed by atoms with van der Waals surface area (Å²) < 4.78 is 1.70. The smallest absolute Gasteiger partial charge is 0.261 e. The van der Waals surface area contributed by atoms with E-state index in [0.29, 0.717) is 12.1 Å². The lowest BCUT2D eigenvalue weighted by Gasteiger charge is -2.11. The molecule has 0 amide bonds. The molecule has 0 spiro atoms. The van der Waals surface area contributed by atoms with Gasteiger partial charge in [-0.15, -0.1) is 0 Å². The van der Waals surface area contributed by atoms with Crippen LogP contribution in [0.5, 0.6) is 0 Å². The van der Waals surface area contributed by atoms with Crippen molar-refractivity contribution < 1.29 is 0 Å². The molecule has 0 aliphatic rings. The number of nitrogens with two attached hydrogens (primary N) is 1. The number of aryl methyl sites for hydroxylation is 1. The molecule has 3 N–H and O–H groups in total. The number of nitrogen functional groups attached to an aromatic ring is 1. The molecular weight excluding hydrogens is 202 g/mol. The second-order valence-corrected chi connectivity index (χ2v) is 3.97. The lowest BCUT2D eigenvalue weighted by Crippen LogP contribution is -2.30. The average molecular weight is 221 g/mol. The van der Waals surface area contributed by atoms with Crippen LogP contribution in [0.25, 0.3) is 0 Å². The molecular formula is C12H19N3O. The van der Waals surface area contributed by atoms with Crippen molar-refractivity contribution in [3.05, 3.63) is 33.7 Å². The van der Waals surface area contributed by atoms with E-state index in [9.17, 15) is 4.79 Å². The largest absolute Gasteiger partial charge is 0.384 e. The van der Waals surface area contributed by atoms with Gasteiger partial charge in [0.1, 0.15) is 5.84 Å². The van der Waals surface area contributed by atoms with Crippen LogP contribution < -0.4 is 11.3 Å². The average Bonchev–Trinajstić information content (AvgIpc) is 2.22. The SMILES string of the molecule is CCCCCn1c(C)ccc(C(=N)N)c1=O. The van der Waals surface area contributed by atoms with Crippen LogP contribution in [0.4, 0.5) is 0 Å². The van der Waals surface area contributed by atoms with Crippen LogP contribution in [0.1, 0.15) is 37.4 Å². The summed E-state index contributed by atoms with van der Waals surface area (Å²) in [7, 11) is 0. The van der Waals surface area contributed by atoms with E-state index >= 15 is 0 Å². The van der Waals surface area contributed by atoms with Gasteiger partial charge in [-0.3, -0.25) is 10.2 Å². The van der Waals surface area contributed by atoms with Crippen molar-refractivity contribution in [2.45, 2.75) is 39.7 Å². The van der Waals surface area contributed by atoms with Gasteiger partial charge in [0.05, 0.1) is 5.56 Å². The minimum absolute atomic E-state index is 0.149. The highest BCUT2D eigenvalue weighted by Crippen LogP contribution is 2.02. The van der Waals surface area contributed by atoms with Crippen molar-refractivity contribution in [3.8, 4) is 0 Å². The molecule has 0 aliphatic carbocycles. The summed E-state index contributed by atoms with van der Waals surface area (Å²) in [5, 5.41) is 7.32. The Labute approximate surface area is 95.6 Å². The van der Waals surface area contributed by atoms with Crippen molar-refractivity contribution in [1.82, 2.24) is 4.57 Å². The number of hydrogen-bond donors (Lipinski definition) is 2. The molecule has 0 aliphatic heterocycles. The first-order chi connectivity index (χ1) is 7.57. The number of nitrogens with one attached hydrogen (secondary N) is 1. The Hall–Kier alpha value is -1.58. The van der Waals surface area contributed by atoms with E-state index in [0.717, 1.165) is 25.0 Å². The second kappa shape index (κ2) is 5.49. The van der Waals surface area contributed by atoms with Crippen LogP contribution in [0.2, 0.25) is 0 Å². The maximum absolute atomic E-state index is 12.0. The van der Waals surface area contributed by atoms with Gasteiger partial charge in [0, 0.05) is 12.2 Å². The summed E-state index contributed by atoms with van der Waals surface area (Å²) in [6.45, 7) is 4.73. The highest BCUT2D eigenvalue weighted by molar-refractivity contribution is 5.94. The van der Waals surface area contributed by atoms with Gasteiger partial charge in [-0.25, -0.2) is 0 Å². The van der Waals surface area contributed by atoms with Gasteiger partial charge in [-0.2, -0.15) is 0 Å². The highest BCUT2D eigenvalue weighted by atomic mass is 16.1. The molecule has 0 atom stereocenters. The number of rotatable bonds is 5. The van der Waals surface area contributed by atoms with Gasteiger partial charge in [0.2, 0.25) is 0 Å². The Balaban J connectivity index is 3.02. The first kappa shape index (κ1) is 12.5. The van der Waals surface area contributed by atoms with Crippen molar-refractivity contribution in [3.63, 3.8) is 0 Å². The Morgan fingerprint density at radius 2 is 2.12 bits per heavy atom. The number of nitrogens with zero attached hydrogens (tertiary/aromatic N) is 1. The van der Waals surface area contributed by atoms with Crippen molar-refractivity contribution in [2.75, 3.05) is 0 Å². The van der Waals surface area contributed by atoms with Crippen molar-refractivity contribution >= 4 is 5.84 Å². The molecule has 4 heteroatoms. The maximum Gasteiger partial charge on any atom is 0.261 e. The molecule has 0 unspecified atom stereocenters. The Morgan fingerprint density at radius 1 is 1.44 bits per heavy atom. The minimum Gasteiger partial charge on any atom is -0.384 e. The Morgan fingerprint density at radius 3 is 2.69 bits per heavy atom. The second-order valence-electron chi connectivity index (χ2n) is 3.97. The molecule has 1 heterocycles. The molecule has 0 radical (unpaired) electrons. The predicted molar refractivity (Wildman–Crippen MR) is 66.0 cm³/mol. The van der Waals surface area contributed by atoms with Gasteiger partial charge in [-0.05, 0) is 25.5 Å². The standard InChI is InChI=1S/C12H19N3O/c1-3-4-5-8-15-9(2)6-7-10(11(13)14)12(15)16/h6-7H,3-5,8H2,1-2H3,(H3,13,14). The third kappa shape index (κ3) is 2.72. The molecule has 88 valence electrons. The van der Waals surface area contributed by atoms with E-state index in [2.05, 4.69) is 6.92 Å². The molecule has 0 fully saturated rings. The van der Waals surface area contributed by atoms with Crippen molar-refractivity contribution in [1.29, 1.82) is 5.41 Å². The Kier molecular flexibility index (Phi) is 4.28. The van der Waals surface area contributed by atoms with E-state index in [4.69, 9.17) is 11.1 Å². The van der Waals surface area contributed by atoms with E-state index in [1.807, 2.05) is 13.0 Å². The fraction of sp³-hybridized carbons (Fsp3) is 0.500. The third-order valence-electron chi connectivity index (χ3n) is 2.67. The highest BCUT2D eigenvalue weighted by Gasteiger charge is 2.07. The van der Waals surface area contributed by atoms with Gasteiger partial charge >= 0.3 is 0 Å². The van der Waals surface area contributed by atoms with Crippen LogP contribution in [0.15, 0.2) is 16.9 Å². The fourth-order valence-electron chi connectivity index (χ4n) is 1.67. The minimum atomic E-state index is -0.158. The first-order valence-electron chi connectivity index (χ1n) is 5.62. The summed E-state index contributed by atoms with van der Waals surface area (Å²) >= 11 is 0. The topological polar surface area (TPSA) is 71.9 Å². The van der Waals surface area contributed by atoms with Crippen LogP contribution in [0.3, 0.4) is 0 Å². The normalized spacial score (nSPS) is 10.4. The number of amidine groups is 1. The number of hydrogen-bond acceptors (Lipinski definition) is 2. The molecule has 0 bridgehead atoms. The summed E-state index contributed by atoms with van der Waals surface area (Å²) in [5.74, 6) is -0.158. The van der Waals surface area contributed by atoms with Gasteiger partial charge < -0.3 is 10.3 Å². The zero-order valence-corrected chi connectivity index (χ0v) is 9.92. The molecule has 1 aromatic rings. The lowest BCUT2D eigenvalue weighted by molar-refractivity contribution is 0.575. The van der Waals surface area contributed by atoms with E-state index < -0.39 is 0 Å². The number of pyridine rings is 1. The van der Waals surface area contributed by atoms with Crippen LogP contribution in [-0.4, -0.2) is 10.4 Å². The van der Waals surface area contributed by atoms with Gasteiger partial charge in [-0.1, -0.05) is 19.8 Å². The molecule has 0 aromatic carbocycles. The molecule has 4 nitrogen and oxygen atoms in total. The quantitative estimate of drug-likeness (QED) is 0.450. The Bertz CT molecular complexity index is 434. The summed E-state index contributed by atoms with van der Waals surface area (Å²) in [6, 6.07) is 3.46. The van der Waals surface area contributed by atoms with Crippen LogP contribution >= 0.6 is 0 Å². The maximum atomic E-state index is 12.0. The van der Waals surface area contributed by atoms with E-state index in [1.165, 1.54) is 0 Å². The monoisotopic (exact) mass is 221 g/mol.